The number of benzene rings is 5. The zero-order chi connectivity index (χ0) is 51.2. The van der Waals surface area contributed by atoms with Gasteiger partial charge in [-0.25, -0.2) is 14.6 Å². The van der Waals surface area contributed by atoms with Crippen LogP contribution in [-0.2, 0) is 35.3 Å². The molecule has 8 rings (SSSR count). The first-order valence-electron chi connectivity index (χ1n) is 24.4. The lowest BCUT2D eigenvalue weighted by molar-refractivity contribution is -0.118. The Morgan fingerprint density at radius 3 is 2.04 bits per heavy atom. The monoisotopic (exact) mass is 1020 g/mol. The second-order valence-corrected chi connectivity index (χ2v) is 20.3. The molecule has 15 nitrogen and oxygen atoms in total. The van der Waals surface area contributed by atoms with Gasteiger partial charge in [-0.3, -0.25) is 14.7 Å². The third-order valence-corrected chi connectivity index (χ3v) is 15.4. The first-order valence-corrected chi connectivity index (χ1v) is 26.5. The van der Waals surface area contributed by atoms with Crippen molar-refractivity contribution in [3.05, 3.63) is 168 Å². The number of imidazole rings is 1. The van der Waals surface area contributed by atoms with Crippen molar-refractivity contribution >= 4 is 43.3 Å². The maximum Gasteiger partial charge on any atom is 0.264 e. The van der Waals surface area contributed by atoms with Gasteiger partial charge in [-0.2, -0.15) is 10.2 Å². The minimum absolute atomic E-state index is 0.0522. The molecule has 0 spiro atoms. The minimum atomic E-state index is -1.71. The number of hydrogen-bond donors (Lipinski definition) is 1. The van der Waals surface area contributed by atoms with E-state index in [1.165, 1.54) is 0 Å². The molecule has 1 N–H and O–H groups in total. The molecule has 4 atom stereocenters. The summed E-state index contributed by atoms with van der Waals surface area (Å²) in [4.78, 5) is 29.3. The SMILES string of the molecule is COc1ccc(C(OC[C@H]2O[C@@H](n3cnc4c(CCSc5ccccc5)nc(NC(=O)COc5ccccc5)nc43)C[C@@H]2OP(OCCC#N)N(C(C)C)C(C)C)(c2ccccc2)c2ccc(OC)cc2)cc1. The van der Waals surface area contributed by atoms with E-state index < -0.39 is 38.5 Å². The Morgan fingerprint density at radius 1 is 0.836 bits per heavy atom. The Bertz CT molecular complexity index is 2820. The number of carbonyl (C=O) groups excluding carboxylic acids is 1. The number of methoxy groups -OCH3 is 2. The predicted molar refractivity (Wildman–Crippen MR) is 284 cm³/mol. The van der Waals surface area contributed by atoms with E-state index in [2.05, 4.69) is 68.0 Å². The Morgan fingerprint density at radius 2 is 1.44 bits per heavy atom. The van der Waals surface area contributed by atoms with Gasteiger partial charge in [0.05, 0.1) is 58.0 Å². The molecule has 17 heteroatoms. The molecule has 0 bridgehead atoms. The van der Waals surface area contributed by atoms with Crippen molar-refractivity contribution in [3.63, 3.8) is 0 Å². The number of anilines is 1. The third-order valence-electron chi connectivity index (χ3n) is 12.2. The molecule has 1 amide bonds. The molecular weight excluding hydrogens is 962 g/mol. The molecule has 7 aromatic rings. The number of aromatic nitrogens is 4. The largest absolute Gasteiger partial charge is 0.497 e. The standard InChI is InChI=1S/C56H62N7O8PS/c1-39(2)63(40(3)4)72(69-33-16-32-57)71-49-35-52(70-50(49)36-68-56(41-17-10-7-11-18-41,42-23-27-44(65-5)28-24-42)43-25-29-45(66-6)30-26-43)62-38-58-53-48(31-34-73-47-21-14-9-15-22-47)59-55(61-54(53)62)60-51(64)37-67-46-19-12-8-13-20-46/h7-15,17-30,38-40,49-50,52H,16,31,33-37H2,1-6H3,(H,59,60,61,64)/t49-,50+,52+,72?/m0/s1. The average molecular weight is 1020 g/mol. The van der Waals surface area contributed by atoms with Crippen molar-refractivity contribution in [1.82, 2.24) is 24.2 Å². The van der Waals surface area contributed by atoms with Crippen LogP contribution >= 0.6 is 20.3 Å². The number of rotatable bonds is 25. The summed E-state index contributed by atoms with van der Waals surface area (Å²) < 4.78 is 49.4. The summed E-state index contributed by atoms with van der Waals surface area (Å²) in [6, 6.07) is 47.5. The Balaban J connectivity index is 1.18. The summed E-state index contributed by atoms with van der Waals surface area (Å²) in [5.41, 5.74) is 3.20. The summed E-state index contributed by atoms with van der Waals surface area (Å²) in [5.74, 6) is 2.38. The van der Waals surface area contributed by atoms with Crippen molar-refractivity contribution < 1.29 is 37.5 Å². The first-order chi connectivity index (χ1) is 35.6. The summed E-state index contributed by atoms with van der Waals surface area (Å²) >= 11 is 1.70. The highest BCUT2D eigenvalue weighted by Crippen LogP contribution is 2.51. The van der Waals surface area contributed by atoms with Crippen LogP contribution in [0.1, 0.15) is 69.1 Å². The number of nitrogens with zero attached hydrogens (tertiary/aromatic N) is 6. The maximum atomic E-state index is 13.4. The Labute approximate surface area is 433 Å². The van der Waals surface area contributed by atoms with Crippen molar-refractivity contribution in [1.29, 1.82) is 5.26 Å². The average Bonchev–Trinajstić information content (AvgIpc) is 4.03. The maximum absolute atomic E-state index is 13.4. The molecule has 0 radical (unpaired) electrons. The minimum Gasteiger partial charge on any atom is -0.497 e. The van der Waals surface area contributed by atoms with Crippen molar-refractivity contribution in [2.45, 2.75) is 88.0 Å². The molecule has 380 valence electrons. The zero-order valence-electron chi connectivity index (χ0n) is 42.0. The van der Waals surface area contributed by atoms with Gasteiger partial charge in [0.25, 0.3) is 14.4 Å². The van der Waals surface area contributed by atoms with E-state index >= 15 is 0 Å². The summed E-state index contributed by atoms with van der Waals surface area (Å²) in [5, 5.41) is 12.4. The van der Waals surface area contributed by atoms with Crippen LogP contribution in [0.15, 0.2) is 151 Å². The smallest absolute Gasteiger partial charge is 0.264 e. The quantitative estimate of drug-likeness (QED) is 0.0249. The van der Waals surface area contributed by atoms with Crippen LogP contribution in [0.3, 0.4) is 0 Å². The number of aryl methyl sites for hydroxylation is 1. The van der Waals surface area contributed by atoms with Gasteiger partial charge in [-0.15, -0.1) is 11.8 Å². The molecule has 0 aliphatic carbocycles. The molecule has 1 aliphatic heterocycles. The fourth-order valence-corrected chi connectivity index (χ4v) is 11.5. The number of ether oxygens (including phenoxy) is 5. The van der Waals surface area contributed by atoms with Gasteiger partial charge in [0, 0.05) is 35.6 Å². The molecule has 5 aromatic carbocycles. The Hall–Kier alpha value is -6.41. The van der Waals surface area contributed by atoms with Crippen molar-refractivity contribution in [2.75, 3.05) is 45.1 Å². The fraction of sp³-hybridized carbons (Fsp3) is 0.339. The second-order valence-electron chi connectivity index (χ2n) is 17.8. The van der Waals surface area contributed by atoms with Gasteiger partial charge in [0.15, 0.2) is 12.3 Å². The molecule has 3 heterocycles. The lowest BCUT2D eigenvalue weighted by atomic mass is 9.80. The van der Waals surface area contributed by atoms with Gasteiger partial charge in [-0.1, -0.05) is 91.0 Å². The van der Waals surface area contributed by atoms with Gasteiger partial charge in [0.2, 0.25) is 5.95 Å². The Kier molecular flexibility index (Phi) is 18.5. The van der Waals surface area contributed by atoms with Crippen LogP contribution in [-0.4, -0.2) is 94.2 Å². The van der Waals surface area contributed by atoms with Crippen molar-refractivity contribution in [3.8, 4) is 23.3 Å². The van der Waals surface area contributed by atoms with E-state index in [-0.39, 0.29) is 44.3 Å². The first kappa shape index (κ1) is 52.9. The number of nitrogens with one attached hydrogen (secondary N) is 1. The van der Waals surface area contributed by atoms with Gasteiger partial charge in [0.1, 0.15) is 40.7 Å². The van der Waals surface area contributed by atoms with E-state index in [9.17, 15) is 10.1 Å². The summed E-state index contributed by atoms with van der Waals surface area (Å²) in [6.07, 6.45) is 0.880. The fourth-order valence-electron chi connectivity index (χ4n) is 8.85. The molecule has 1 fully saturated rings. The summed E-state index contributed by atoms with van der Waals surface area (Å²) in [6.45, 7) is 8.45. The highest BCUT2D eigenvalue weighted by Gasteiger charge is 2.45. The number of carbonyl (C=O) groups is 1. The topological polar surface area (TPSA) is 164 Å². The number of para-hydroxylation sites is 1. The van der Waals surface area contributed by atoms with Gasteiger partial charge in [-0.05, 0) is 92.9 Å². The van der Waals surface area contributed by atoms with Crippen LogP contribution in [0.4, 0.5) is 5.95 Å². The predicted octanol–water partition coefficient (Wildman–Crippen LogP) is 11.2. The number of amides is 1. The number of thioether (sulfide) groups is 1. The van der Waals surface area contributed by atoms with E-state index in [0.29, 0.717) is 52.7 Å². The highest BCUT2D eigenvalue weighted by molar-refractivity contribution is 7.99. The normalized spacial score (nSPS) is 16.2. The van der Waals surface area contributed by atoms with E-state index in [1.807, 2.05) is 108 Å². The molecule has 1 aliphatic rings. The second kappa shape index (κ2) is 25.5. The zero-order valence-corrected chi connectivity index (χ0v) is 43.7. The lowest BCUT2D eigenvalue weighted by Crippen LogP contribution is -2.39. The van der Waals surface area contributed by atoms with Crippen LogP contribution in [0.25, 0.3) is 11.2 Å². The third kappa shape index (κ3) is 13.0. The highest BCUT2D eigenvalue weighted by atomic mass is 32.2. The number of fused-ring (bicyclic) bond motifs is 1. The molecular formula is C56H62N7O8PS. The van der Waals surface area contributed by atoms with E-state index in [1.54, 1.807) is 44.4 Å². The van der Waals surface area contributed by atoms with Crippen LogP contribution in [0.5, 0.6) is 17.2 Å². The van der Waals surface area contributed by atoms with E-state index in [4.69, 9.17) is 47.7 Å². The van der Waals surface area contributed by atoms with Crippen LogP contribution in [0, 0.1) is 11.3 Å². The molecule has 1 saturated heterocycles. The molecule has 0 saturated carbocycles. The molecule has 2 aromatic heterocycles. The number of hydrogen-bond acceptors (Lipinski definition) is 14. The molecule has 1 unspecified atom stereocenters. The molecule has 73 heavy (non-hydrogen) atoms. The van der Waals surface area contributed by atoms with Crippen molar-refractivity contribution in [2.24, 2.45) is 0 Å². The van der Waals surface area contributed by atoms with E-state index in [0.717, 1.165) is 21.6 Å². The lowest BCUT2D eigenvalue weighted by Gasteiger charge is -2.39. The van der Waals surface area contributed by atoms with Crippen LogP contribution in [0.2, 0.25) is 0 Å². The van der Waals surface area contributed by atoms with Crippen LogP contribution < -0.4 is 19.5 Å². The van der Waals surface area contributed by atoms with Gasteiger partial charge < -0.3 is 32.7 Å². The summed E-state index contributed by atoms with van der Waals surface area (Å²) in [7, 11) is 1.58. The number of nitriles is 1. The van der Waals surface area contributed by atoms with Gasteiger partial charge >= 0.3 is 0 Å².